The lowest BCUT2D eigenvalue weighted by Gasteiger charge is -2.31. The van der Waals surface area contributed by atoms with Crippen molar-refractivity contribution >= 4 is 38.9 Å². The average Bonchev–Trinajstić information content (AvgIpc) is 3.88. The van der Waals surface area contributed by atoms with Crippen LogP contribution < -0.4 is 14.5 Å². The molecule has 0 spiro atoms. The number of hydrogen-bond donors (Lipinski definition) is 0. The lowest BCUT2D eigenvalue weighted by atomic mass is 9.78. The van der Waals surface area contributed by atoms with Crippen LogP contribution in [-0.4, -0.2) is 16.2 Å². The summed E-state index contributed by atoms with van der Waals surface area (Å²) in [5.41, 5.74) is 14.1. The Bertz CT molecular complexity index is 3150. The Morgan fingerprint density at radius 3 is 1.68 bits per heavy atom. The molecule has 0 unspecified atom stereocenters. The molecule has 0 fully saturated rings. The van der Waals surface area contributed by atoms with Crippen molar-refractivity contribution in [1.82, 2.24) is 9.55 Å². The second-order valence-corrected chi connectivity index (χ2v) is 23.6. The van der Waals surface area contributed by atoms with E-state index in [0.29, 0.717) is 6.67 Å². The van der Waals surface area contributed by atoms with Crippen LogP contribution in [0, 0.1) is 0 Å². The van der Waals surface area contributed by atoms with E-state index >= 15 is 0 Å². The number of anilines is 2. The summed E-state index contributed by atoms with van der Waals surface area (Å²) in [6.45, 7) is 32.7. The lowest BCUT2D eigenvalue weighted by molar-refractivity contribution is 0.479. The number of benzene rings is 6. The molecule has 68 heavy (non-hydrogen) atoms. The smallest absolute Gasteiger partial charge is 0.137 e. The molecule has 0 bridgehead atoms. The zero-order valence-electron chi connectivity index (χ0n) is 42.9. The van der Waals surface area contributed by atoms with Gasteiger partial charge in [0.25, 0.3) is 0 Å². The van der Waals surface area contributed by atoms with Crippen molar-refractivity contribution in [3.05, 3.63) is 197 Å². The van der Waals surface area contributed by atoms with Gasteiger partial charge in [-0.1, -0.05) is 170 Å². The largest absolute Gasteiger partial charge is 0.457 e. The number of rotatable bonds is 8. The first kappa shape index (κ1) is 46.5. The summed E-state index contributed by atoms with van der Waals surface area (Å²) >= 11 is 0. The number of ether oxygens (including phenoxy) is 1. The third-order valence-electron chi connectivity index (χ3n) is 14.0. The van der Waals surface area contributed by atoms with Gasteiger partial charge in [-0.25, -0.2) is 4.98 Å². The van der Waals surface area contributed by atoms with Gasteiger partial charge in [0.1, 0.15) is 17.3 Å². The quantitative estimate of drug-likeness (QED) is 0.152. The van der Waals surface area contributed by atoms with Crippen LogP contribution >= 0.6 is 0 Å². The van der Waals surface area contributed by atoms with Gasteiger partial charge in [-0.3, -0.25) is 4.57 Å². The minimum atomic E-state index is -0.192. The highest BCUT2D eigenvalue weighted by Gasteiger charge is 2.30. The van der Waals surface area contributed by atoms with E-state index in [4.69, 9.17) is 9.72 Å². The molecule has 5 heteroatoms. The van der Waals surface area contributed by atoms with Gasteiger partial charge in [0.15, 0.2) is 0 Å². The van der Waals surface area contributed by atoms with Crippen molar-refractivity contribution in [2.24, 2.45) is 0 Å². The zero-order valence-corrected chi connectivity index (χ0v) is 42.9. The van der Waals surface area contributed by atoms with Gasteiger partial charge in [-0.2, -0.15) is 0 Å². The minimum Gasteiger partial charge on any atom is -0.457 e. The normalized spacial score (nSPS) is 14.0. The second kappa shape index (κ2) is 16.9. The van der Waals surface area contributed by atoms with Crippen LogP contribution in [0.15, 0.2) is 158 Å². The first-order valence-electron chi connectivity index (χ1n) is 24.4. The van der Waals surface area contributed by atoms with E-state index in [2.05, 4.69) is 263 Å². The fourth-order valence-electron chi connectivity index (χ4n) is 9.44. The predicted octanol–water partition coefficient (Wildman–Crippen LogP) is 16.8. The molecule has 0 atom stereocenters. The Morgan fingerprint density at radius 1 is 0.441 bits per heavy atom. The van der Waals surface area contributed by atoms with E-state index in [1.807, 2.05) is 6.20 Å². The molecule has 6 aromatic carbocycles. The lowest BCUT2D eigenvalue weighted by Crippen LogP contribution is -2.28. The van der Waals surface area contributed by atoms with Crippen LogP contribution in [0.2, 0.25) is 0 Å². The van der Waals surface area contributed by atoms with Crippen LogP contribution in [0.1, 0.15) is 136 Å². The number of aromatic nitrogens is 2. The summed E-state index contributed by atoms with van der Waals surface area (Å²) in [6.07, 6.45) is 4.26. The van der Waals surface area contributed by atoms with Gasteiger partial charge < -0.3 is 14.5 Å². The molecule has 0 saturated carbocycles. The maximum absolute atomic E-state index is 7.06. The maximum Gasteiger partial charge on any atom is 0.137 e. The highest BCUT2D eigenvalue weighted by molar-refractivity contribution is 6.10. The highest BCUT2D eigenvalue weighted by Crippen LogP contribution is 2.43. The van der Waals surface area contributed by atoms with Gasteiger partial charge in [-0.15, -0.1) is 0 Å². The molecule has 0 aliphatic carbocycles. The summed E-state index contributed by atoms with van der Waals surface area (Å²) in [7, 11) is 0. The monoisotopic (exact) mass is 899 g/mol. The molecular formula is C63H70N4O. The fraction of sp³-hybridized carbons (Fsp3) is 0.317. The van der Waals surface area contributed by atoms with Crippen LogP contribution in [0.25, 0.3) is 33.3 Å². The first-order chi connectivity index (χ1) is 31.9. The summed E-state index contributed by atoms with van der Waals surface area (Å²) in [5.74, 6) is 2.46. The number of nitrogens with zero attached hydrogens (tertiary/aromatic N) is 4. The van der Waals surface area contributed by atoms with Gasteiger partial charge in [0.05, 0.1) is 23.4 Å². The van der Waals surface area contributed by atoms with E-state index in [0.717, 1.165) is 45.1 Å². The van der Waals surface area contributed by atoms with Crippen LogP contribution in [0.4, 0.5) is 11.4 Å². The first-order valence-corrected chi connectivity index (χ1v) is 24.4. The molecule has 8 aromatic rings. The third-order valence-corrected chi connectivity index (χ3v) is 14.0. The Labute approximate surface area is 406 Å². The van der Waals surface area contributed by atoms with Crippen molar-refractivity contribution < 1.29 is 4.74 Å². The standard InChI is InChI=1S/C63H70N4O/c1-59(2,3)44-29-30-64-58(37-44)67-55-28-25-45(63(13,14)43-23-19-16-20-24-43)36-54(55)53-27-26-51(39-56(53)67)68-52-35-48(62(10,11)12)32-49(38-52)65-40-57(42-21-17-15-18-22-42)66(41-65)50-33-46(60(4,5)6)31-47(34-50)61(7,8)9/h15-40H,41H2,1-14H3. The highest BCUT2D eigenvalue weighted by atomic mass is 16.5. The van der Waals surface area contributed by atoms with Crippen LogP contribution in [0.5, 0.6) is 11.5 Å². The van der Waals surface area contributed by atoms with Gasteiger partial charge in [-0.05, 0) is 121 Å². The Balaban J connectivity index is 1.16. The van der Waals surface area contributed by atoms with Crippen molar-refractivity contribution in [1.29, 1.82) is 0 Å². The molecule has 9 rings (SSSR count). The van der Waals surface area contributed by atoms with Gasteiger partial charge in [0.2, 0.25) is 0 Å². The molecule has 0 amide bonds. The molecule has 1 aliphatic rings. The Morgan fingerprint density at radius 2 is 1.04 bits per heavy atom. The van der Waals surface area contributed by atoms with Crippen molar-refractivity contribution in [3.63, 3.8) is 0 Å². The predicted molar refractivity (Wildman–Crippen MR) is 289 cm³/mol. The van der Waals surface area contributed by atoms with Crippen molar-refractivity contribution in [2.45, 2.75) is 124 Å². The minimum absolute atomic E-state index is 0.00803. The molecule has 5 nitrogen and oxygen atoms in total. The van der Waals surface area contributed by atoms with Gasteiger partial charge >= 0.3 is 0 Å². The van der Waals surface area contributed by atoms with E-state index in [1.165, 1.54) is 50.0 Å². The van der Waals surface area contributed by atoms with Crippen LogP contribution in [-0.2, 0) is 27.1 Å². The zero-order chi connectivity index (χ0) is 48.6. The van der Waals surface area contributed by atoms with Crippen LogP contribution in [0.3, 0.4) is 0 Å². The topological polar surface area (TPSA) is 33.5 Å². The van der Waals surface area contributed by atoms with E-state index in [9.17, 15) is 0 Å². The number of pyridine rings is 1. The number of hydrogen-bond acceptors (Lipinski definition) is 4. The number of fused-ring (bicyclic) bond motifs is 3. The summed E-state index contributed by atoms with van der Waals surface area (Å²) in [6, 6.07) is 53.4. The maximum atomic E-state index is 7.06. The summed E-state index contributed by atoms with van der Waals surface area (Å²) < 4.78 is 9.37. The molecule has 2 aromatic heterocycles. The second-order valence-electron chi connectivity index (χ2n) is 23.6. The Hall–Kier alpha value is -6.59. The van der Waals surface area contributed by atoms with Crippen molar-refractivity contribution in [3.8, 4) is 17.3 Å². The SMILES string of the molecule is CC(C)(C)c1cc(Oc2ccc3c4cc(C(C)(C)c5ccccc5)ccc4n(-c4cc(C(C)(C)C)ccn4)c3c2)cc(N2C=C(c3ccccc3)N(c3cc(C(C)(C)C)cc(C(C)(C)C)c3)C2)c1. The summed E-state index contributed by atoms with van der Waals surface area (Å²) in [5, 5.41) is 2.35. The fourth-order valence-corrected chi connectivity index (χ4v) is 9.44. The van der Waals surface area contributed by atoms with E-state index < -0.39 is 0 Å². The molecule has 0 saturated heterocycles. The molecule has 348 valence electrons. The van der Waals surface area contributed by atoms with E-state index in [-0.39, 0.29) is 27.1 Å². The summed E-state index contributed by atoms with van der Waals surface area (Å²) in [4.78, 5) is 9.88. The Kier molecular flexibility index (Phi) is 11.5. The molecule has 1 aliphatic heterocycles. The average molecular weight is 899 g/mol. The van der Waals surface area contributed by atoms with E-state index in [1.54, 1.807) is 0 Å². The molecule has 0 radical (unpaired) electrons. The van der Waals surface area contributed by atoms with Gasteiger partial charge in [0, 0.05) is 52.1 Å². The molecular weight excluding hydrogens is 829 g/mol. The molecule has 3 heterocycles. The van der Waals surface area contributed by atoms with Crippen molar-refractivity contribution in [2.75, 3.05) is 16.5 Å². The third kappa shape index (κ3) is 9.08. The molecule has 0 N–H and O–H groups in total.